The molecule has 0 aliphatic rings. The summed E-state index contributed by atoms with van der Waals surface area (Å²) in [5.41, 5.74) is 0. The highest BCUT2D eigenvalue weighted by molar-refractivity contribution is 4.65. The molecule has 0 fully saturated rings. The summed E-state index contributed by atoms with van der Waals surface area (Å²) in [5, 5.41) is 28.2. The van der Waals surface area contributed by atoms with Gasteiger partial charge in [0.25, 0.3) is 0 Å². The van der Waals surface area contributed by atoms with Crippen molar-refractivity contribution in [2.75, 3.05) is 0 Å². The van der Waals surface area contributed by atoms with Crippen LogP contribution in [0.4, 0.5) is 0 Å². The van der Waals surface area contributed by atoms with Crippen molar-refractivity contribution in [2.45, 2.75) is 70.7 Å². The van der Waals surface area contributed by atoms with Crippen molar-refractivity contribution < 1.29 is 15.3 Å². The van der Waals surface area contributed by atoms with E-state index in [1.165, 1.54) is 0 Å². The molecule has 3 nitrogen and oxygen atoms in total. The highest BCUT2D eigenvalue weighted by Crippen LogP contribution is 2.11. The SMILES string of the molecule is CCCC(O)CCC(O)CC(O)CC. The molecule has 0 aromatic heterocycles. The highest BCUT2D eigenvalue weighted by atomic mass is 16.3. The van der Waals surface area contributed by atoms with Gasteiger partial charge in [0.1, 0.15) is 0 Å². The molecule has 3 N–H and O–H groups in total. The molecule has 0 saturated carbocycles. The van der Waals surface area contributed by atoms with E-state index in [1.54, 1.807) is 0 Å². The van der Waals surface area contributed by atoms with Crippen molar-refractivity contribution in [2.24, 2.45) is 0 Å². The molecule has 0 rings (SSSR count). The van der Waals surface area contributed by atoms with Gasteiger partial charge >= 0.3 is 0 Å². The van der Waals surface area contributed by atoms with E-state index in [4.69, 9.17) is 0 Å². The minimum atomic E-state index is -0.476. The first-order chi connectivity index (χ1) is 6.60. The molecule has 3 atom stereocenters. The van der Waals surface area contributed by atoms with E-state index in [-0.39, 0.29) is 6.10 Å². The third-order valence-corrected chi connectivity index (χ3v) is 2.47. The monoisotopic (exact) mass is 204 g/mol. The summed E-state index contributed by atoms with van der Waals surface area (Å²) in [4.78, 5) is 0. The lowest BCUT2D eigenvalue weighted by Crippen LogP contribution is -2.19. The minimum Gasteiger partial charge on any atom is -0.393 e. The molecular formula is C11H24O3. The molecule has 0 radical (unpaired) electrons. The van der Waals surface area contributed by atoms with E-state index >= 15 is 0 Å². The number of rotatable bonds is 8. The molecule has 3 unspecified atom stereocenters. The van der Waals surface area contributed by atoms with Crippen molar-refractivity contribution in [3.8, 4) is 0 Å². The van der Waals surface area contributed by atoms with Gasteiger partial charge in [-0.25, -0.2) is 0 Å². The number of hydrogen-bond acceptors (Lipinski definition) is 3. The standard InChI is InChI=1S/C11H24O3/c1-3-5-10(13)6-7-11(14)8-9(12)4-2/h9-14H,3-8H2,1-2H3. The Morgan fingerprint density at radius 1 is 0.786 bits per heavy atom. The van der Waals surface area contributed by atoms with E-state index in [0.717, 1.165) is 12.8 Å². The molecule has 3 heteroatoms. The molecule has 0 aliphatic carbocycles. The summed E-state index contributed by atoms with van der Waals surface area (Å²) in [5.74, 6) is 0. The third-order valence-electron chi connectivity index (χ3n) is 2.47. The molecule has 86 valence electrons. The Hall–Kier alpha value is -0.120. The molecular weight excluding hydrogens is 180 g/mol. The summed E-state index contributed by atoms with van der Waals surface area (Å²) in [6.45, 7) is 3.92. The zero-order valence-corrected chi connectivity index (χ0v) is 9.32. The maximum Gasteiger partial charge on any atom is 0.0565 e. The van der Waals surface area contributed by atoms with Crippen molar-refractivity contribution >= 4 is 0 Å². The van der Waals surface area contributed by atoms with Crippen LogP contribution >= 0.6 is 0 Å². The van der Waals surface area contributed by atoms with Gasteiger partial charge in [0.2, 0.25) is 0 Å². The first kappa shape index (κ1) is 13.9. The molecule has 14 heavy (non-hydrogen) atoms. The van der Waals surface area contributed by atoms with Crippen molar-refractivity contribution in [3.63, 3.8) is 0 Å². The van der Waals surface area contributed by atoms with Crippen LogP contribution < -0.4 is 0 Å². The van der Waals surface area contributed by atoms with Crippen molar-refractivity contribution in [1.29, 1.82) is 0 Å². The van der Waals surface area contributed by atoms with Crippen LogP contribution in [-0.4, -0.2) is 33.6 Å². The fourth-order valence-electron chi connectivity index (χ4n) is 1.46. The predicted molar refractivity (Wildman–Crippen MR) is 57.1 cm³/mol. The van der Waals surface area contributed by atoms with Crippen LogP contribution in [0.25, 0.3) is 0 Å². The summed E-state index contributed by atoms with van der Waals surface area (Å²) in [7, 11) is 0. The van der Waals surface area contributed by atoms with E-state index < -0.39 is 12.2 Å². The summed E-state index contributed by atoms with van der Waals surface area (Å²) >= 11 is 0. The fourth-order valence-corrected chi connectivity index (χ4v) is 1.46. The van der Waals surface area contributed by atoms with Crippen LogP contribution in [0.5, 0.6) is 0 Å². The lowest BCUT2D eigenvalue weighted by molar-refractivity contribution is 0.0587. The van der Waals surface area contributed by atoms with Gasteiger partial charge in [-0.1, -0.05) is 20.3 Å². The van der Waals surface area contributed by atoms with Gasteiger partial charge in [0, 0.05) is 0 Å². The zero-order valence-electron chi connectivity index (χ0n) is 9.32. The second-order valence-corrected chi connectivity index (χ2v) is 3.97. The first-order valence-electron chi connectivity index (χ1n) is 5.64. The molecule has 0 bridgehead atoms. The maximum absolute atomic E-state index is 9.50. The third kappa shape index (κ3) is 7.30. The molecule has 0 saturated heterocycles. The molecule has 0 aromatic rings. The number of aliphatic hydroxyl groups is 3. The lowest BCUT2D eigenvalue weighted by Gasteiger charge is -2.16. The van der Waals surface area contributed by atoms with E-state index in [9.17, 15) is 15.3 Å². The van der Waals surface area contributed by atoms with Gasteiger partial charge in [-0.15, -0.1) is 0 Å². The van der Waals surface area contributed by atoms with Crippen LogP contribution in [0, 0.1) is 0 Å². The predicted octanol–water partition coefficient (Wildman–Crippen LogP) is 1.45. The van der Waals surface area contributed by atoms with Gasteiger partial charge in [0.15, 0.2) is 0 Å². The van der Waals surface area contributed by atoms with E-state index in [1.807, 2.05) is 13.8 Å². The second kappa shape index (κ2) is 8.21. The summed E-state index contributed by atoms with van der Waals surface area (Å²) in [6.07, 6.45) is 2.89. The molecule has 0 amide bonds. The molecule has 0 heterocycles. The topological polar surface area (TPSA) is 60.7 Å². The number of hydrogen-bond donors (Lipinski definition) is 3. The van der Waals surface area contributed by atoms with Gasteiger partial charge in [-0.05, 0) is 32.1 Å². The largest absolute Gasteiger partial charge is 0.393 e. The summed E-state index contributed by atoms with van der Waals surface area (Å²) < 4.78 is 0. The minimum absolute atomic E-state index is 0.298. The van der Waals surface area contributed by atoms with Crippen molar-refractivity contribution in [3.05, 3.63) is 0 Å². The Labute approximate surface area is 86.8 Å². The van der Waals surface area contributed by atoms with E-state index in [2.05, 4.69) is 0 Å². The quantitative estimate of drug-likeness (QED) is 0.561. The molecule has 0 aromatic carbocycles. The Morgan fingerprint density at radius 2 is 1.36 bits per heavy atom. The van der Waals surface area contributed by atoms with Gasteiger partial charge in [-0.2, -0.15) is 0 Å². The molecule has 0 aliphatic heterocycles. The first-order valence-corrected chi connectivity index (χ1v) is 5.64. The Kier molecular flexibility index (Phi) is 8.14. The van der Waals surface area contributed by atoms with Gasteiger partial charge in [-0.3, -0.25) is 0 Å². The highest BCUT2D eigenvalue weighted by Gasteiger charge is 2.12. The molecule has 0 spiro atoms. The van der Waals surface area contributed by atoms with Crippen LogP contribution in [-0.2, 0) is 0 Å². The van der Waals surface area contributed by atoms with Crippen molar-refractivity contribution in [1.82, 2.24) is 0 Å². The zero-order chi connectivity index (χ0) is 11.0. The Morgan fingerprint density at radius 3 is 1.86 bits per heavy atom. The Balaban J connectivity index is 3.47. The van der Waals surface area contributed by atoms with Crippen LogP contribution in [0.3, 0.4) is 0 Å². The van der Waals surface area contributed by atoms with Crippen LogP contribution in [0.1, 0.15) is 52.4 Å². The average Bonchev–Trinajstić information content (AvgIpc) is 2.15. The normalized spacial score (nSPS) is 17.8. The Bertz CT molecular complexity index is 128. The smallest absolute Gasteiger partial charge is 0.0565 e. The van der Waals surface area contributed by atoms with E-state index in [0.29, 0.717) is 25.7 Å². The van der Waals surface area contributed by atoms with Crippen LogP contribution in [0.15, 0.2) is 0 Å². The second-order valence-electron chi connectivity index (χ2n) is 3.97. The summed E-state index contributed by atoms with van der Waals surface area (Å²) in [6, 6.07) is 0. The number of aliphatic hydroxyl groups excluding tert-OH is 3. The average molecular weight is 204 g/mol. The fraction of sp³-hybridized carbons (Fsp3) is 1.00. The maximum atomic E-state index is 9.50. The lowest BCUT2D eigenvalue weighted by atomic mass is 10.0. The van der Waals surface area contributed by atoms with Gasteiger partial charge in [0.05, 0.1) is 18.3 Å². The van der Waals surface area contributed by atoms with Crippen LogP contribution in [0.2, 0.25) is 0 Å². The van der Waals surface area contributed by atoms with Gasteiger partial charge < -0.3 is 15.3 Å².